The summed E-state index contributed by atoms with van der Waals surface area (Å²) in [5.74, 6) is -0.0493. The zero-order valence-electron chi connectivity index (χ0n) is 13.4. The van der Waals surface area contributed by atoms with Crippen LogP contribution in [0.5, 0.6) is 0 Å². The lowest BCUT2D eigenvalue weighted by molar-refractivity contribution is 0.0700. The summed E-state index contributed by atoms with van der Waals surface area (Å²) < 4.78 is 1.96. The van der Waals surface area contributed by atoms with Gasteiger partial charge in [-0.15, -0.1) is 0 Å². The van der Waals surface area contributed by atoms with Gasteiger partial charge in [0.15, 0.2) is 0 Å². The fourth-order valence-electron chi connectivity index (χ4n) is 2.89. The molecule has 0 aliphatic carbocycles. The van der Waals surface area contributed by atoms with Crippen molar-refractivity contribution >= 4 is 5.91 Å². The standard InChI is InChI=1S/C18H21N3O2/c1-13-10-14(2)21(19-13)11-15-5-7-16(8-6-15)18(23)20-9-3-4-17(20)12-22/h3-8,10,17,22H,9,11-12H2,1-2H3. The summed E-state index contributed by atoms with van der Waals surface area (Å²) in [6, 6.07) is 9.44. The highest BCUT2D eigenvalue weighted by Gasteiger charge is 2.24. The van der Waals surface area contributed by atoms with Crippen LogP contribution < -0.4 is 0 Å². The van der Waals surface area contributed by atoms with E-state index < -0.39 is 0 Å². The third kappa shape index (κ3) is 3.19. The Hall–Kier alpha value is -2.40. The smallest absolute Gasteiger partial charge is 0.254 e. The number of rotatable bonds is 4. The Bertz CT molecular complexity index is 731. The SMILES string of the molecule is Cc1cc(C)n(Cc2ccc(C(=O)N3CC=CC3CO)cc2)n1. The van der Waals surface area contributed by atoms with Gasteiger partial charge in [-0.2, -0.15) is 5.10 Å². The molecule has 120 valence electrons. The number of nitrogens with zero attached hydrogens (tertiary/aromatic N) is 3. The number of aryl methyl sites for hydroxylation is 2. The molecule has 1 atom stereocenters. The van der Waals surface area contributed by atoms with E-state index in [2.05, 4.69) is 5.10 Å². The van der Waals surface area contributed by atoms with Crippen molar-refractivity contribution in [1.82, 2.24) is 14.7 Å². The van der Waals surface area contributed by atoms with Crippen molar-refractivity contribution in [3.63, 3.8) is 0 Å². The molecule has 1 aliphatic heterocycles. The summed E-state index contributed by atoms with van der Waals surface area (Å²) in [6.07, 6.45) is 3.78. The average molecular weight is 311 g/mol. The highest BCUT2D eigenvalue weighted by atomic mass is 16.3. The van der Waals surface area contributed by atoms with Crippen molar-refractivity contribution < 1.29 is 9.90 Å². The van der Waals surface area contributed by atoms with Gasteiger partial charge in [0, 0.05) is 17.8 Å². The fraction of sp³-hybridized carbons (Fsp3) is 0.333. The highest BCUT2D eigenvalue weighted by Crippen LogP contribution is 2.15. The number of hydrogen-bond acceptors (Lipinski definition) is 3. The number of aromatic nitrogens is 2. The summed E-state index contributed by atoms with van der Waals surface area (Å²) in [7, 11) is 0. The molecule has 1 aliphatic rings. The van der Waals surface area contributed by atoms with Crippen LogP contribution in [0.25, 0.3) is 0 Å². The maximum atomic E-state index is 12.5. The molecule has 0 spiro atoms. The number of hydrogen-bond donors (Lipinski definition) is 1. The number of aliphatic hydroxyl groups is 1. The molecule has 0 bridgehead atoms. The largest absolute Gasteiger partial charge is 0.394 e. The van der Waals surface area contributed by atoms with Gasteiger partial charge in [0.1, 0.15) is 0 Å². The van der Waals surface area contributed by atoms with E-state index in [0.717, 1.165) is 17.0 Å². The van der Waals surface area contributed by atoms with Crippen molar-refractivity contribution in [3.8, 4) is 0 Å². The fourth-order valence-corrected chi connectivity index (χ4v) is 2.89. The van der Waals surface area contributed by atoms with Crippen LogP contribution in [-0.4, -0.2) is 44.9 Å². The zero-order chi connectivity index (χ0) is 16.4. The average Bonchev–Trinajstić information content (AvgIpc) is 3.14. The quantitative estimate of drug-likeness (QED) is 0.878. The predicted octanol–water partition coefficient (Wildman–Crippen LogP) is 1.92. The Morgan fingerprint density at radius 3 is 2.65 bits per heavy atom. The number of carbonyl (C=O) groups is 1. The van der Waals surface area contributed by atoms with Crippen LogP contribution in [0.15, 0.2) is 42.5 Å². The molecule has 5 heteroatoms. The minimum atomic E-state index is -0.211. The topological polar surface area (TPSA) is 58.4 Å². The summed E-state index contributed by atoms with van der Waals surface area (Å²) in [5, 5.41) is 13.8. The zero-order valence-corrected chi connectivity index (χ0v) is 13.4. The minimum Gasteiger partial charge on any atom is -0.394 e. The van der Waals surface area contributed by atoms with Gasteiger partial charge in [0.05, 0.1) is 24.9 Å². The first-order chi connectivity index (χ1) is 11.1. The second-order valence-electron chi connectivity index (χ2n) is 5.92. The molecule has 2 aromatic rings. The second kappa shape index (κ2) is 6.38. The van der Waals surface area contributed by atoms with Crippen LogP contribution in [0.4, 0.5) is 0 Å². The van der Waals surface area contributed by atoms with Crippen molar-refractivity contribution in [1.29, 1.82) is 0 Å². The first-order valence-corrected chi connectivity index (χ1v) is 7.77. The van der Waals surface area contributed by atoms with E-state index in [9.17, 15) is 9.90 Å². The Labute approximate surface area is 135 Å². The highest BCUT2D eigenvalue weighted by molar-refractivity contribution is 5.95. The van der Waals surface area contributed by atoms with Crippen molar-refractivity contribution in [3.05, 3.63) is 65.0 Å². The lowest BCUT2D eigenvalue weighted by atomic mass is 10.1. The van der Waals surface area contributed by atoms with Gasteiger partial charge in [-0.3, -0.25) is 9.48 Å². The molecule has 5 nitrogen and oxygen atoms in total. The van der Waals surface area contributed by atoms with Crippen LogP contribution >= 0.6 is 0 Å². The molecule has 1 unspecified atom stereocenters. The van der Waals surface area contributed by atoms with E-state index in [1.807, 2.05) is 61.0 Å². The maximum Gasteiger partial charge on any atom is 0.254 e. The molecule has 1 N–H and O–H groups in total. The molecule has 2 heterocycles. The van der Waals surface area contributed by atoms with Gasteiger partial charge < -0.3 is 10.0 Å². The van der Waals surface area contributed by atoms with Gasteiger partial charge in [-0.05, 0) is 37.6 Å². The third-order valence-electron chi connectivity index (χ3n) is 4.15. The first kappa shape index (κ1) is 15.5. The van der Waals surface area contributed by atoms with Gasteiger partial charge in [0.25, 0.3) is 5.91 Å². The minimum absolute atomic E-state index is 0.0434. The molecule has 0 saturated carbocycles. The maximum absolute atomic E-state index is 12.5. The number of amides is 1. The summed E-state index contributed by atoms with van der Waals surface area (Å²) in [5.41, 5.74) is 3.87. The Balaban J connectivity index is 1.72. The van der Waals surface area contributed by atoms with Crippen molar-refractivity contribution in [2.75, 3.05) is 13.2 Å². The van der Waals surface area contributed by atoms with E-state index >= 15 is 0 Å². The van der Waals surface area contributed by atoms with Crippen LogP contribution in [-0.2, 0) is 6.54 Å². The number of benzene rings is 1. The predicted molar refractivity (Wildman–Crippen MR) is 88.3 cm³/mol. The first-order valence-electron chi connectivity index (χ1n) is 7.77. The lowest BCUT2D eigenvalue weighted by Crippen LogP contribution is -2.38. The molecule has 0 fully saturated rings. The molecule has 0 radical (unpaired) electrons. The molecular formula is C18H21N3O2. The van der Waals surface area contributed by atoms with Crippen LogP contribution in [0.3, 0.4) is 0 Å². The molecule has 3 rings (SSSR count). The molecule has 1 aromatic heterocycles. The van der Waals surface area contributed by atoms with E-state index in [-0.39, 0.29) is 18.6 Å². The summed E-state index contributed by atoms with van der Waals surface area (Å²) in [4.78, 5) is 14.2. The molecule has 1 aromatic carbocycles. The molecular weight excluding hydrogens is 290 g/mol. The number of carbonyl (C=O) groups excluding carboxylic acids is 1. The second-order valence-corrected chi connectivity index (χ2v) is 5.92. The van der Waals surface area contributed by atoms with E-state index in [0.29, 0.717) is 18.7 Å². The van der Waals surface area contributed by atoms with Crippen molar-refractivity contribution in [2.24, 2.45) is 0 Å². The lowest BCUT2D eigenvalue weighted by Gasteiger charge is -2.23. The van der Waals surface area contributed by atoms with Gasteiger partial charge in [-0.1, -0.05) is 24.3 Å². The molecule has 0 saturated heterocycles. The van der Waals surface area contributed by atoms with E-state index in [4.69, 9.17) is 0 Å². The Morgan fingerprint density at radius 1 is 1.30 bits per heavy atom. The summed E-state index contributed by atoms with van der Waals surface area (Å²) in [6.45, 7) is 5.22. The van der Waals surface area contributed by atoms with Crippen LogP contribution in [0, 0.1) is 13.8 Å². The molecule has 1 amide bonds. The van der Waals surface area contributed by atoms with Gasteiger partial charge in [0.2, 0.25) is 0 Å². The van der Waals surface area contributed by atoms with Gasteiger partial charge >= 0.3 is 0 Å². The van der Waals surface area contributed by atoms with Crippen molar-refractivity contribution in [2.45, 2.75) is 26.4 Å². The summed E-state index contributed by atoms with van der Waals surface area (Å²) >= 11 is 0. The van der Waals surface area contributed by atoms with E-state index in [1.165, 1.54) is 0 Å². The third-order valence-corrected chi connectivity index (χ3v) is 4.15. The normalized spacial score (nSPS) is 17.0. The monoisotopic (exact) mass is 311 g/mol. The number of aliphatic hydroxyl groups excluding tert-OH is 1. The Kier molecular flexibility index (Phi) is 4.30. The Morgan fingerprint density at radius 2 is 2.04 bits per heavy atom. The van der Waals surface area contributed by atoms with Crippen LogP contribution in [0.2, 0.25) is 0 Å². The molecule has 23 heavy (non-hydrogen) atoms. The van der Waals surface area contributed by atoms with E-state index in [1.54, 1.807) is 4.90 Å². The van der Waals surface area contributed by atoms with Gasteiger partial charge in [-0.25, -0.2) is 0 Å². The van der Waals surface area contributed by atoms with Crippen LogP contribution in [0.1, 0.15) is 27.3 Å².